The minimum absolute atomic E-state index is 0.104. The molecule has 3 aromatic rings. The Hall–Kier alpha value is -4.01. The van der Waals surface area contributed by atoms with Crippen molar-refractivity contribution in [3.8, 4) is 0 Å². The zero-order chi connectivity index (χ0) is 22.6. The molecule has 0 radical (unpaired) electrons. The van der Waals surface area contributed by atoms with E-state index < -0.39 is 17.4 Å². The van der Waals surface area contributed by atoms with Crippen molar-refractivity contribution in [2.45, 2.75) is 26.4 Å². The van der Waals surface area contributed by atoms with Crippen LogP contribution in [0.25, 0.3) is 0 Å². The van der Waals surface area contributed by atoms with E-state index in [0.29, 0.717) is 17.1 Å². The monoisotopic (exact) mass is 422 g/mol. The van der Waals surface area contributed by atoms with Gasteiger partial charge in [0.15, 0.2) is 11.6 Å². The summed E-state index contributed by atoms with van der Waals surface area (Å²) in [7, 11) is 0. The van der Waals surface area contributed by atoms with Crippen LogP contribution in [0.1, 0.15) is 31.1 Å². The lowest BCUT2D eigenvalue weighted by Crippen LogP contribution is -2.24. The average molecular weight is 422 g/mol. The van der Waals surface area contributed by atoms with E-state index in [0.717, 1.165) is 6.20 Å². The molecular formula is C22H23FN6O2. The number of nitrogens with one attached hydrogen (secondary N) is 2. The van der Waals surface area contributed by atoms with Crippen LogP contribution >= 0.6 is 0 Å². The van der Waals surface area contributed by atoms with Crippen LogP contribution in [-0.2, 0) is 4.74 Å². The fourth-order valence-electron chi connectivity index (χ4n) is 2.70. The molecule has 1 aromatic heterocycles. The van der Waals surface area contributed by atoms with Crippen LogP contribution in [0.5, 0.6) is 0 Å². The van der Waals surface area contributed by atoms with Gasteiger partial charge in [-0.15, -0.1) is 0 Å². The first-order valence-electron chi connectivity index (χ1n) is 9.41. The highest BCUT2D eigenvalue weighted by atomic mass is 19.1. The van der Waals surface area contributed by atoms with E-state index in [1.165, 1.54) is 0 Å². The summed E-state index contributed by atoms with van der Waals surface area (Å²) >= 11 is 0. The number of carbonyl (C=O) groups excluding carboxylic acids is 1. The summed E-state index contributed by atoms with van der Waals surface area (Å²) in [6.45, 7) is 8.82. The van der Waals surface area contributed by atoms with E-state index in [4.69, 9.17) is 10.5 Å². The first-order chi connectivity index (χ1) is 14.7. The third kappa shape index (κ3) is 5.53. The van der Waals surface area contributed by atoms with Crippen molar-refractivity contribution in [1.29, 1.82) is 0 Å². The molecule has 160 valence electrons. The average Bonchev–Trinajstić information content (AvgIpc) is 2.69. The van der Waals surface area contributed by atoms with E-state index in [1.54, 1.807) is 63.2 Å². The fourth-order valence-corrected chi connectivity index (χ4v) is 2.70. The van der Waals surface area contributed by atoms with Gasteiger partial charge in [0.05, 0.1) is 17.4 Å². The molecule has 3 rings (SSSR count). The number of aliphatic imine (C=N–C) groups is 1. The van der Waals surface area contributed by atoms with Crippen molar-refractivity contribution in [2.24, 2.45) is 4.99 Å². The standard InChI is InChI=1S/C22H23FN6O2/c1-22(2,3)31-20(30)15-9-6-10-17(18(15)25-4)28-19-16(23)12-26-21(29-19)27-14-8-5-7-13(24)11-14/h5-12H,4,24H2,1-3H3,(H2,26,27,28,29). The van der Waals surface area contributed by atoms with Gasteiger partial charge in [-0.25, -0.2) is 14.2 Å². The number of nitrogens with zero attached hydrogens (tertiary/aromatic N) is 3. The molecular weight excluding hydrogens is 399 g/mol. The van der Waals surface area contributed by atoms with Gasteiger partial charge in [-0.1, -0.05) is 12.1 Å². The van der Waals surface area contributed by atoms with Gasteiger partial charge in [0, 0.05) is 11.4 Å². The number of nitrogen functional groups attached to an aromatic ring is 1. The number of benzene rings is 2. The summed E-state index contributed by atoms with van der Waals surface area (Å²) in [5.74, 6) is -1.19. The van der Waals surface area contributed by atoms with Gasteiger partial charge < -0.3 is 21.1 Å². The number of esters is 1. The summed E-state index contributed by atoms with van der Waals surface area (Å²) in [6, 6.07) is 11.8. The topological polar surface area (TPSA) is 115 Å². The Morgan fingerprint density at radius 3 is 2.61 bits per heavy atom. The number of carbonyl (C=O) groups is 1. The van der Waals surface area contributed by atoms with Crippen LogP contribution in [0.3, 0.4) is 0 Å². The molecule has 0 atom stereocenters. The van der Waals surface area contributed by atoms with Crippen LogP contribution < -0.4 is 16.4 Å². The summed E-state index contributed by atoms with van der Waals surface area (Å²) in [4.78, 5) is 24.6. The zero-order valence-electron chi connectivity index (χ0n) is 17.4. The highest BCUT2D eigenvalue weighted by molar-refractivity contribution is 5.99. The number of aromatic nitrogens is 2. The Bertz CT molecular complexity index is 1130. The highest BCUT2D eigenvalue weighted by Gasteiger charge is 2.22. The molecule has 0 amide bonds. The minimum Gasteiger partial charge on any atom is -0.456 e. The van der Waals surface area contributed by atoms with E-state index in [1.807, 2.05) is 0 Å². The van der Waals surface area contributed by atoms with Gasteiger partial charge in [-0.3, -0.25) is 4.99 Å². The third-order valence-electron chi connectivity index (χ3n) is 3.95. The summed E-state index contributed by atoms with van der Waals surface area (Å²) < 4.78 is 19.8. The summed E-state index contributed by atoms with van der Waals surface area (Å²) in [5, 5.41) is 5.82. The van der Waals surface area contributed by atoms with E-state index in [-0.39, 0.29) is 23.0 Å². The van der Waals surface area contributed by atoms with Crippen molar-refractivity contribution in [3.63, 3.8) is 0 Å². The summed E-state index contributed by atoms with van der Waals surface area (Å²) in [6.07, 6.45) is 1.03. The predicted molar refractivity (Wildman–Crippen MR) is 120 cm³/mol. The third-order valence-corrected chi connectivity index (χ3v) is 3.95. The van der Waals surface area contributed by atoms with Crippen molar-refractivity contribution >= 4 is 47.2 Å². The molecule has 0 unspecified atom stereocenters. The Morgan fingerprint density at radius 1 is 1.19 bits per heavy atom. The molecule has 1 heterocycles. The van der Waals surface area contributed by atoms with Gasteiger partial charge in [0.2, 0.25) is 5.95 Å². The Balaban J connectivity index is 1.91. The predicted octanol–water partition coefficient (Wildman–Crippen LogP) is 4.97. The van der Waals surface area contributed by atoms with Gasteiger partial charge in [0.25, 0.3) is 0 Å². The number of nitrogens with two attached hydrogens (primary N) is 1. The van der Waals surface area contributed by atoms with Crippen LogP contribution in [0.2, 0.25) is 0 Å². The van der Waals surface area contributed by atoms with Crippen molar-refractivity contribution in [3.05, 3.63) is 60.0 Å². The number of ether oxygens (including phenoxy) is 1. The zero-order valence-corrected chi connectivity index (χ0v) is 17.4. The second-order valence-electron chi connectivity index (χ2n) is 7.63. The molecule has 0 fully saturated rings. The van der Waals surface area contributed by atoms with Gasteiger partial charge in [-0.2, -0.15) is 4.98 Å². The number of rotatable bonds is 6. The van der Waals surface area contributed by atoms with Crippen molar-refractivity contribution in [2.75, 3.05) is 16.4 Å². The van der Waals surface area contributed by atoms with Crippen LogP contribution in [0.15, 0.2) is 53.7 Å². The number of halogens is 1. The van der Waals surface area contributed by atoms with Gasteiger partial charge >= 0.3 is 5.97 Å². The van der Waals surface area contributed by atoms with Gasteiger partial charge in [0.1, 0.15) is 11.3 Å². The number of anilines is 5. The van der Waals surface area contributed by atoms with Crippen molar-refractivity contribution < 1.29 is 13.9 Å². The fraction of sp³-hybridized carbons (Fsp3) is 0.182. The largest absolute Gasteiger partial charge is 0.456 e. The van der Waals surface area contributed by atoms with E-state index in [9.17, 15) is 9.18 Å². The molecule has 0 aliphatic carbocycles. The lowest BCUT2D eigenvalue weighted by molar-refractivity contribution is 0.00706. The number of hydrogen-bond donors (Lipinski definition) is 3. The Kier molecular flexibility index (Phi) is 6.15. The van der Waals surface area contributed by atoms with Crippen molar-refractivity contribution in [1.82, 2.24) is 9.97 Å². The molecule has 8 nitrogen and oxygen atoms in total. The molecule has 2 aromatic carbocycles. The lowest BCUT2D eigenvalue weighted by Gasteiger charge is -2.20. The SMILES string of the molecule is C=Nc1c(Nc2nc(Nc3cccc(N)c3)ncc2F)cccc1C(=O)OC(C)(C)C. The van der Waals surface area contributed by atoms with Crippen LogP contribution in [0.4, 0.5) is 38.9 Å². The molecule has 0 saturated carbocycles. The van der Waals surface area contributed by atoms with E-state index in [2.05, 4.69) is 32.3 Å². The number of para-hydroxylation sites is 1. The first-order valence-corrected chi connectivity index (χ1v) is 9.41. The minimum atomic E-state index is -0.684. The highest BCUT2D eigenvalue weighted by Crippen LogP contribution is 2.33. The summed E-state index contributed by atoms with van der Waals surface area (Å²) in [5.41, 5.74) is 7.06. The molecule has 0 spiro atoms. The second kappa shape index (κ2) is 8.78. The maximum Gasteiger partial charge on any atom is 0.340 e. The molecule has 0 saturated heterocycles. The number of hydrogen-bond acceptors (Lipinski definition) is 8. The maximum atomic E-state index is 14.4. The molecule has 0 aliphatic rings. The quantitative estimate of drug-likeness (QED) is 0.292. The van der Waals surface area contributed by atoms with Gasteiger partial charge in [-0.05, 0) is 57.8 Å². The maximum absolute atomic E-state index is 14.4. The molecule has 9 heteroatoms. The van der Waals surface area contributed by atoms with Crippen LogP contribution in [-0.4, -0.2) is 28.3 Å². The molecule has 4 N–H and O–H groups in total. The molecule has 0 bridgehead atoms. The van der Waals surface area contributed by atoms with E-state index >= 15 is 0 Å². The normalized spacial score (nSPS) is 11.0. The molecule has 31 heavy (non-hydrogen) atoms. The smallest absolute Gasteiger partial charge is 0.340 e. The molecule has 0 aliphatic heterocycles. The Labute approximate surface area is 179 Å². The second-order valence-corrected chi connectivity index (χ2v) is 7.63. The Morgan fingerprint density at radius 2 is 1.94 bits per heavy atom. The lowest BCUT2D eigenvalue weighted by atomic mass is 10.1. The van der Waals surface area contributed by atoms with Crippen LogP contribution in [0, 0.1) is 5.82 Å². The first kappa shape index (κ1) is 21.7.